The first-order chi connectivity index (χ1) is 10.1. The highest BCUT2D eigenvalue weighted by Gasteiger charge is 2.34. The molecule has 0 saturated heterocycles. The van der Waals surface area contributed by atoms with Gasteiger partial charge in [-0.1, -0.05) is 24.4 Å². The molecule has 1 aromatic carbocycles. The number of halogens is 1. The molecule has 0 spiro atoms. The molecule has 1 aliphatic carbocycles. The predicted octanol–water partition coefficient (Wildman–Crippen LogP) is 3.00. The summed E-state index contributed by atoms with van der Waals surface area (Å²) in [5.41, 5.74) is 6.49. The maximum Gasteiger partial charge on any atom is 0.258 e. The van der Waals surface area contributed by atoms with Gasteiger partial charge in [-0.05, 0) is 31.0 Å². The van der Waals surface area contributed by atoms with Gasteiger partial charge in [0.2, 0.25) is 0 Å². The summed E-state index contributed by atoms with van der Waals surface area (Å²) in [5, 5.41) is 4.02. The molecule has 112 valence electrons. The second kappa shape index (κ2) is 5.44. The Kier molecular flexibility index (Phi) is 3.63. The lowest BCUT2D eigenvalue weighted by atomic mass is 9.82. The standard InChI is InChI=1S/C15H18FN3O2/c1-20-12-9-10(5-6-11(12)16)13-18-14(19-21-13)15(17)7-3-2-4-8-15/h5-6,9H,2-4,7-8,17H2,1H3. The lowest BCUT2D eigenvalue weighted by Crippen LogP contribution is -2.39. The highest BCUT2D eigenvalue weighted by Crippen LogP contribution is 2.34. The van der Waals surface area contributed by atoms with Gasteiger partial charge >= 0.3 is 0 Å². The molecule has 5 nitrogen and oxygen atoms in total. The summed E-state index contributed by atoms with van der Waals surface area (Å²) in [6, 6.07) is 4.44. The lowest BCUT2D eigenvalue weighted by molar-refractivity contribution is 0.275. The molecule has 0 unspecified atom stereocenters. The van der Waals surface area contributed by atoms with Gasteiger partial charge in [-0.2, -0.15) is 4.98 Å². The zero-order valence-corrected chi connectivity index (χ0v) is 11.9. The molecule has 1 fully saturated rings. The van der Waals surface area contributed by atoms with Crippen LogP contribution in [0.3, 0.4) is 0 Å². The van der Waals surface area contributed by atoms with Crippen molar-refractivity contribution < 1.29 is 13.7 Å². The third-order valence-electron chi connectivity index (χ3n) is 4.02. The first-order valence-corrected chi connectivity index (χ1v) is 7.09. The van der Waals surface area contributed by atoms with Crippen LogP contribution in [0.25, 0.3) is 11.5 Å². The molecule has 3 rings (SSSR count). The van der Waals surface area contributed by atoms with E-state index in [-0.39, 0.29) is 5.75 Å². The first-order valence-electron chi connectivity index (χ1n) is 7.09. The second-order valence-corrected chi connectivity index (χ2v) is 5.49. The molecule has 6 heteroatoms. The van der Waals surface area contributed by atoms with Crippen LogP contribution >= 0.6 is 0 Å². The van der Waals surface area contributed by atoms with Crippen molar-refractivity contribution >= 4 is 0 Å². The highest BCUT2D eigenvalue weighted by atomic mass is 19.1. The van der Waals surface area contributed by atoms with Gasteiger partial charge in [0.15, 0.2) is 17.4 Å². The zero-order chi connectivity index (χ0) is 14.9. The number of hydrogen-bond donors (Lipinski definition) is 1. The van der Waals surface area contributed by atoms with Crippen molar-refractivity contribution in [2.75, 3.05) is 7.11 Å². The molecule has 2 aromatic rings. The number of methoxy groups -OCH3 is 1. The van der Waals surface area contributed by atoms with Crippen LogP contribution in [0.2, 0.25) is 0 Å². The fourth-order valence-corrected chi connectivity index (χ4v) is 2.74. The lowest BCUT2D eigenvalue weighted by Gasteiger charge is -2.29. The minimum atomic E-state index is -0.510. The predicted molar refractivity (Wildman–Crippen MR) is 75.2 cm³/mol. The zero-order valence-electron chi connectivity index (χ0n) is 11.9. The van der Waals surface area contributed by atoms with E-state index >= 15 is 0 Å². The Bertz CT molecular complexity index is 636. The number of benzene rings is 1. The van der Waals surface area contributed by atoms with Crippen molar-refractivity contribution in [3.05, 3.63) is 29.8 Å². The van der Waals surface area contributed by atoms with Crippen molar-refractivity contribution in [1.82, 2.24) is 10.1 Å². The number of ether oxygens (including phenoxy) is 1. The summed E-state index contributed by atoms with van der Waals surface area (Å²) in [7, 11) is 1.42. The molecule has 1 saturated carbocycles. The molecular formula is C15H18FN3O2. The Hall–Kier alpha value is -1.95. The number of hydrogen-bond acceptors (Lipinski definition) is 5. The molecule has 0 aliphatic heterocycles. The van der Waals surface area contributed by atoms with E-state index in [1.165, 1.54) is 25.7 Å². The minimum Gasteiger partial charge on any atom is -0.494 e. The smallest absolute Gasteiger partial charge is 0.258 e. The van der Waals surface area contributed by atoms with E-state index in [0.29, 0.717) is 17.3 Å². The third kappa shape index (κ3) is 2.63. The summed E-state index contributed by atoms with van der Waals surface area (Å²) in [6.45, 7) is 0. The van der Waals surface area contributed by atoms with Gasteiger partial charge in [0, 0.05) is 5.56 Å². The monoisotopic (exact) mass is 291 g/mol. The summed E-state index contributed by atoms with van der Waals surface area (Å²) in [4.78, 5) is 4.40. The summed E-state index contributed by atoms with van der Waals surface area (Å²) >= 11 is 0. The van der Waals surface area contributed by atoms with Crippen LogP contribution in [0.15, 0.2) is 22.7 Å². The summed E-state index contributed by atoms with van der Waals surface area (Å²) in [6.07, 6.45) is 5.06. The molecule has 0 bridgehead atoms. The average Bonchev–Trinajstić information content (AvgIpc) is 2.99. The van der Waals surface area contributed by atoms with E-state index in [2.05, 4.69) is 10.1 Å². The normalized spacial score (nSPS) is 17.7. The Morgan fingerprint density at radius 2 is 2.05 bits per heavy atom. The topological polar surface area (TPSA) is 74.2 Å². The molecule has 0 amide bonds. The maximum atomic E-state index is 13.4. The Morgan fingerprint density at radius 1 is 1.29 bits per heavy atom. The number of aromatic nitrogens is 2. The van der Waals surface area contributed by atoms with Gasteiger partial charge in [-0.25, -0.2) is 4.39 Å². The number of rotatable bonds is 3. The van der Waals surface area contributed by atoms with E-state index in [1.807, 2.05) is 0 Å². The van der Waals surface area contributed by atoms with Crippen molar-refractivity contribution in [2.45, 2.75) is 37.6 Å². The Morgan fingerprint density at radius 3 is 2.76 bits per heavy atom. The highest BCUT2D eigenvalue weighted by molar-refractivity contribution is 5.56. The molecule has 0 radical (unpaired) electrons. The second-order valence-electron chi connectivity index (χ2n) is 5.49. The van der Waals surface area contributed by atoms with Gasteiger partial charge in [-0.3, -0.25) is 0 Å². The molecule has 21 heavy (non-hydrogen) atoms. The van der Waals surface area contributed by atoms with Crippen molar-refractivity contribution in [2.24, 2.45) is 5.73 Å². The van der Waals surface area contributed by atoms with E-state index < -0.39 is 11.4 Å². The third-order valence-corrected chi connectivity index (χ3v) is 4.02. The Labute approximate surface area is 122 Å². The fraction of sp³-hybridized carbons (Fsp3) is 0.467. The fourth-order valence-electron chi connectivity index (χ4n) is 2.74. The van der Waals surface area contributed by atoms with Crippen LogP contribution in [0.5, 0.6) is 5.75 Å². The van der Waals surface area contributed by atoms with Gasteiger partial charge in [0.25, 0.3) is 5.89 Å². The van der Waals surface area contributed by atoms with Crippen LogP contribution in [0.4, 0.5) is 4.39 Å². The van der Waals surface area contributed by atoms with Crippen LogP contribution < -0.4 is 10.5 Å². The molecule has 0 atom stereocenters. The van der Waals surface area contributed by atoms with E-state index in [4.69, 9.17) is 15.0 Å². The molecule has 1 aromatic heterocycles. The first kappa shape index (κ1) is 14.0. The molecule has 2 N–H and O–H groups in total. The van der Waals surface area contributed by atoms with Crippen LogP contribution in [0, 0.1) is 5.82 Å². The average molecular weight is 291 g/mol. The van der Waals surface area contributed by atoms with Gasteiger partial charge in [0.1, 0.15) is 0 Å². The SMILES string of the molecule is COc1cc(-c2nc(C3(N)CCCCC3)no2)ccc1F. The van der Waals surface area contributed by atoms with Crippen molar-refractivity contribution in [3.63, 3.8) is 0 Å². The molecule has 1 heterocycles. The molecular weight excluding hydrogens is 273 g/mol. The molecule has 1 aliphatic rings. The number of nitrogens with zero attached hydrogens (tertiary/aromatic N) is 2. The van der Waals surface area contributed by atoms with Crippen LogP contribution in [-0.2, 0) is 5.54 Å². The minimum absolute atomic E-state index is 0.146. The van der Waals surface area contributed by atoms with Crippen LogP contribution in [-0.4, -0.2) is 17.3 Å². The van der Waals surface area contributed by atoms with Gasteiger partial charge in [0.05, 0.1) is 12.6 Å². The number of nitrogens with two attached hydrogens (primary N) is 1. The summed E-state index contributed by atoms with van der Waals surface area (Å²) < 4.78 is 23.7. The van der Waals surface area contributed by atoms with Crippen molar-refractivity contribution in [3.8, 4) is 17.2 Å². The summed E-state index contributed by atoms with van der Waals surface area (Å²) in [5.74, 6) is 0.579. The maximum absolute atomic E-state index is 13.4. The van der Waals surface area contributed by atoms with Gasteiger partial charge < -0.3 is 15.0 Å². The van der Waals surface area contributed by atoms with E-state index in [0.717, 1.165) is 25.7 Å². The van der Waals surface area contributed by atoms with E-state index in [1.54, 1.807) is 6.07 Å². The largest absolute Gasteiger partial charge is 0.494 e. The van der Waals surface area contributed by atoms with Crippen LogP contribution in [0.1, 0.15) is 37.9 Å². The van der Waals surface area contributed by atoms with Gasteiger partial charge in [-0.15, -0.1) is 0 Å². The quantitative estimate of drug-likeness (QED) is 0.941. The Balaban J connectivity index is 1.91. The van der Waals surface area contributed by atoms with E-state index in [9.17, 15) is 4.39 Å². The van der Waals surface area contributed by atoms with Crippen molar-refractivity contribution in [1.29, 1.82) is 0 Å².